The van der Waals surface area contributed by atoms with Gasteiger partial charge in [-0.2, -0.15) is 4.39 Å². The summed E-state index contributed by atoms with van der Waals surface area (Å²) in [7, 11) is -2.77. The lowest BCUT2D eigenvalue weighted by molar-refractivity contribution is 0.0522. The first kappa shape index (κ1) is 26.4. The number of carbonyl (C=O) groups excluding carboxylic acids is 1. The van der Waals surface area contributed by atoms with Gasteiger partial charge in [-0.3, -0.25) is 0 Å². The number of fused-ring (bicyclic) bond motifs is 1. The summed E-state index contributed by atoms with van der Waals surface area (Å²) < 4.78 is 53.2. The molecule has 8 nitrogen and oxygen atoms in total. The number of pyridine rings is 1. The van der Waals surface area contributed by atoms with Crippen molar-refractivity contribution in [3.63, 3.8) is 0 Å². The molecule has 0 radical (unpaired) electrons. The number of benzene rings is 2. The van der Waals surface area contributed by atoms with Crippen LogP contribution < -0.4 is 10.1 Å². The van der Waals surface area contributed by atoms with E-state index < -0.39 is 27.7 Å². The van der Waals surface area contributed by atoms with E-state index in [1.165, 1.54) is 37.4 Å². The number of halogens is 2. The molecule has 0 aliphatic rings. The Morgan fingerprint density at radius 1 is 1.11 bits per heavy atom. The van der Waals surface area contributed by atoms with Crippen LogP contribution >= 0.6 is 11.6 Å². The third-order valence-corrected chi connectivity index (χ3v) is 7.42. The minimum absolute atomic E-state index is 0.0357. The fourth-order valence-electron chi connectivity index (χ4n) is 3.76. The van der Waals surface area contributed by atoms with Gasteiger partial charge in [-0.1, -0.05) is 29.8 Å². The van der Waals surface area contributed by atoms with Crippen LogP contribution in [0.3, 0.4) is 0 Å². The number of amides is 1. The van der Waals surface area contributed by atoms with Crippen molar-refractivity contribution in [2.75, 3.05) is 7.11 Å². The molecular weight excluding hydrogens is 521 g/mol. The molecule has 0 saturated carbocycles. The third kappa shape index (κ3) is 5.55. The molecule has 2 aromatic heterocycles. The van der Waals surface area contributed by atoms with Gasteiger partial charge in [0.25, 0.3) is 16.0 Å². The van der Waals surface area contributed by atoms with E-state index in [9.17, 15) is 17.6 Å². The predicted octanol–water partition coefficient (Wildman–Crippen LogP) is 5.77. The quantitative estimate of drug-likeness (QED) is 0.309. The minimum Gasteiger partial charge on any atom is -0.492 e. The molecule has 0 spiro atoms. The normalized spacial score (nSPS) is 11.9. The van der Waals surface area contributed by atoms with Crippen molar-refractivity contribution < 1.29 is 27.1 Å². The Bertz CT molecular complexity index is 1580. The summed E-state index contributed by atoms with van der Waals surface area (Å²) in [5.41, 5.74) is 0.346. The molecule has 0 bridgehead atoms. The summed E-state index contributed by atoms with van der Waals surface area (Å²) >= 11 is 6.51. The monoisotopic (exact) mass is 545 g/mol. The molecule has 1 N–H and O–H groups in total. The third-order valence-electron chi connectivity index (χ3n) is 5.32. The van der Waals surface area contributed by atoms with Crippen molar-refractivity contribution in [2.24, 2.45) is 0 Å². The van der Waals surface area contributed by atoms with Crippen molar-refractivity contribution in [3.05, 3.63) is 77.3 Å². The lowest BCUT2D eigenvalue weighted by Gasteiger charge is -2.20. The highest BCUT2D eigenvalue weighted by Crippen LogP contribution is 2.35. The molecule has 4 rings (SSSR count). The number of nitrogens with one attached hydrogen (secondary N) is 1. The standard InChI is InChI=1S/C26H25ClFN3O5S/c1-26(2,3)36-25(32)29-15-17-12-16-13-20(27)19(21-10-11-23(35-4)24(28)30-21)14-22(16)31(17)37(33,34)18-8-6-5-7-9-18/h5-14H,15H2,1-4H3,(H,29,32). The van der Waals surface area contributed by atoms with Crippen molar-refractivity contribution in [1.29, 1.82) is 0 Å². The molecule has 0 atom stereocenters. The molecule has 0 aliphatic carbocycles. The van der Waals surface area contributed by atoms with Gasteiger partial charge in [-0.05, 0) is 63.2 Å². The van der Waals surface area contributed by atoms with E-state index in [0.717, 1.165) is 3.97 Å². The van der Waals surface area contributed by atoms with Gasteiger partial charge in [0.15, 0.2) is 5.75 Å². The predicted molar refractivity (Wildman–Crippen MR) is 139 cm³/mol. The number of aromatic nitrogens is 2. The first-order chi connectivity index (χ1) is 17.4. The van der Waals surface area contributed by atoms with Crippen LogP contribution in [0.25, 0.3) is 22.2 Å². The SMILES string of the molecule is COc1ccc(-c2cc3c(cc2Cl)cc(CNC(=O)OC(C)(C)C)n3S(=O)(=O)c2ccccc2)nc1F. The number of rotatable bonds is 6. The summed E-state index contributed by atoms with van der Waals surface area (Å²) in [5.74, 6) is -0.864. The molecule has 11 heteroatoms. The minimum atomic E-state index is -4.10. The summed E-state index contributed by atoms with van der Waals surface area (Å²) in [6.07, 6.45) is -0.696. The van der Waals surface area contributed by atoms with Crippen molar-refractivity contribution in [1.82, 2.24) is 14.3 Å². The van der Waals surface area contributed by atoms with Crippen LogP contribution in [0.1, 0.15) is 26.5 Å². The molecule has 0 saturated heterocycles. The summed E-state index contributed by atoms with van der Waals surface area (Å²) in [6.45, 7) is 5.03. The molecule has 2 heterocycles. The van der Waals surface area contributed by atoms with Gasteiger partial charge in [0.1, 0.15) is 5.60 Å². The number of hydrogen-bond acceptors (Lipinski definition) is 6. The average molecular weight is 546 g/mol. The molecule has 0 fully saturated rings. The molecule has 194 valence electrons. The van der Waals surface area contributed by atoms with Gasteiger partial charge in [-0.25, -0.2) is 22.2 Å². The zero-order valence-corrected chi connectivity index (χ0v) is 22.2. The average Bonchev–Trinajstić information content (AvgIpc) is 3.19. The Hall–Kier alpha value is -3.63. The smallest absolute Gasteiger partial charge is 0.407 e. The Balaban J connectivity index is 1.88. The van der Waals surface area contributed by atoms with Crippen LogP contribution in [-0.4, -0.2) is 36.2 Å². The largest absolute Gasteiger partial charge is 0.492 e. The zero-order chi connectivity index (χ0) is 27.0. The molecule has 2 aromatic carbocycles. The second kappa shape index (κ2) is 10.0. The van der Waals surface area contributed by atoms with Crippen LogP contribution in [0, 0.1) is 5.95 Å². The van der Waals surface area contributed by atoms with Crippen LogP contribution in [0.2, 0.25) is 5.02 Å². The van der Waals surface area contributed by atoms with E-state index in [0.29, 0.717) is 10.9 Å². The lowest BCUT2D eigenvalue weighted by atomic mass is 10.1. The second-order valence-electron chi connectivity index (χ2n) is 9.15. The van der Waals surface area contributed by atoms with Gasteiger partial charge in [0.2, 0.25) is 0 Å². The number of methoxy groups -OCH3 is 1. The van der Waals surface area contributed by atoms with E-state index in [1.807, 2.05) is 0 Å². The van der Waals surface area contributed by atoms with Gasteiger partial charge in [0, 0.05) is 10.9 Å². The molecule has 37 heavy (non-hydrogen) atoms. The Morgan fingerprint density at radius 2 is 1.81 bits per heavy atom. The highest BCUT2D eigenvalue weighted by atomic mass is 35.5. The van der Waals surface area contributed by atoms with Crippen LogP contribution in [-0.2, 0) is 21.3 Å². The number of carbonyl (C=O) groups is 1. The molecule has 0 unspecified atom stereocenters. The topological polar surface area (TPSA) is 99.5 Å². The van der Waals surface area contributed by atoms with Gasteiger partial charge >= 0.3 is 6.09 Å². The fraction of sp³-hybridized carbons (Fsp3) is 0.231. The number of ether oxygens (including phenoxy) is 2. The zero-order valence-electron chi connectivity index (χ0n) is 20.6. The summed E-state index contributed by atoms with van der Waals surface area (Å²) in [4.78, 5) is 16.3. The number of hydrogen-bond donors (Lipinski definition) is 1. The van der Waals surface area contributed by atoms with Crippen molar-refractivity contribution >= 4 is 38.6 Å². The summed E-state index contributed by atoms with van der Waals surface area (Å²) in [6, 6.07) is 15.5. The highest BCUT2D eigenvalue weighted by molar-refractivity contribution is 7.90. The van der Waals surface area contributed by atoms with Gasteiger partial charge < -0.3 is 14.8 Å². The van der Waals surface area contributed by atoms with E-state index >= 15 is 0 Å². The Morgan fingerprint density at radius 3 is 2.43 bits per heavy atom. The molecular formula is C26H25ClFN3O5S. The van der Waals surface area contributed by atoms with Gasteiger partial charge in [0.05, 0.1) is 40.5 Å². The lowest BCUT2D eigenvalue weighted by Crippen LogP contribution is -2.33. The van der Waals surface area contributed by atoms with Crippen LogP contribution in [0.5, 0.6) is 5.75 Å². The fourth-order valence-corrected chi connectivity index (χ4v) is 5.59. The van der Waals surface area contributed by atoms with E-state index in [2.05, 4.69) is 10.3 Å². The summed E-state index contributed by atoms with van der Waals surface area (Å²) in [5, 5.41) is 3.35. The maximum atomic E-state index is 14.3. The first-order valence-electron chi connectivity index (χ1n) is 11.2. The Labute approximate surface area is 219 Å². The van der Waals surface area contributed by atoms with E-state index in [-0.39, 0.29) is 39.1 Å². The first-order valence-corrected chi connectivity index (χ1v) is 13.0. The highest BCUT2D eigenvalue weighted by Gasteiger charge is 2.25. The van der Waals surface area contributed by atoms with Crippen LogP contribution in [0.15, 0.2) is 65.6 Å². The maximum Gasteiger partial charge on any atom is 0.407 e. The second-order valence-corrected chi connectivity index (χ2v) is 11.3. The van der Waals surface area contributed by atoms with Crippen molar-refractivity contribution in [3.8, 4) is 17.0 Å². The van der Waals surface area contributed by atoms with Crippen molar-refractivity contribution in [2.45, 2.75) is 37.8 Å². The molecule has 0 aliphatic heterocycles. The van der Waals surface area contributed by atoms with E-state index in [4.69, 9.17) is 21.1 Å². The Kier molecular flexibility index (Phi) is 7.16. The molecule has 4 aromatic rings. The maximum absolute atomic E-state index is 14.3. The molecule has 1 amide bonds. The number of nitrogens with zero attached hydrogens (tertiary/aromatic N) is 2. The number of alkyl carbamates (subject to hydrolysis) is 1. The van der Waals surface area contributed by atoms with Gasteiger partial charge in [-0.15, -0.1) is 0 Å². The van der Waals surface area contributed by atoms with Crippen LogP contribution in [0.4, 0.5) is 9.18 Å². The van der Waals surface area contributed by atoms with E-state index in [1.54, 1.807) is 51.1 Å².